The van der Waals surface area contributed by atoms with Gasteiger partial charge in [-0.1, -0.05) is 11.8 Å². The van der Waals surface area contributed by atoms with Crippen molar-refractivity contribution < 1.29 is 26.4 Å². The van der Waals surface area contributed by atoms with Gasteiger partial charge in [0.2, 0.25) is 26.0 Å². The molecular formula is C13H15N3O6S3. The van der Waals surface area contributed by atoms with Crippen LogP contribution < -0.4 is 5.14 Å². The number of hydrogen-bond acceptors (Lipinski definition) is 7. The molecule has 136 valence electrons. The summed E-state index contributed by atoms with van der Waals surface area (Å²) in [4.78, 5) is 24.4. The number of sulfonamides is 2. The molecular weight excluding hydrogens is 390 g/mol. The van der Waals surface area contributed by atoms with Crippen LogP contribution in [0.25, 0.3) is 0 Å². The van der Waals surface area contributed by atoms with Gasteiger partial charge >= 0.3 is 0 Å². The quantitative estimate of drug-likeness (QED) is 0.732. The molecule has 0 saturated carbocycles. The van der Waals surface area contributed by atoms with Crippen LogP contribution in [0.1, 0.15) is 6.42 Å². The van der Waals surface area contributed by atoms with Crippen molar-refractivity contribution in [1.82, 2.24) is 9.21 Å². The Morgan fingerprint density at radius 3 is 2.16 bits per heavy atom. The van der Waals surface area contributed by atoms with E-state index in [-0.39, 0.29) is 39.8 Å². The second-order valence-corrected chi connectivity index (χ2v) is 10.1. The maximum Gasteiger partial charge on any atom is 0.289 e. The van der Waals surface area contributed by atoms with Crippen LogP contribution in [-0.2, 0) is 24.8 Å². The van der Waals surface area contributed by atoms with Crippen LogP contribution >= 0.6 is 11.8 Å². The zero-order chi connectivity index (χ0) is 18.4. The van der Waals surface area contributed by atoms with E-state index in [1.807, 2.05) is 0 Å². The van der Waals surface area contributed by atoms with Gasteiger partial charge in [-0.05, 0) is 30.7 Å². The molecule has 0 spiro atoms. The summed E-state index contributed by atoms with van der Waals surface area (Å²) in [5, 5.41) is 4.64. The van der Waals surface area contributed by atoms with Gasteiger partial charge in [0.25, 0.3) is 5.24 Å². The number of imide groups is 1. The lowest BCUT2D eigenvalue weighted by Gasteiger charge is -2.21. The highest BCUT2D eigenvalue weighted by atomic mass is 32.2. The molecule has 9 nitrogen and oxygen atoms in total. The van der Waals surface area contributed by atoms with E-state index in [9.17, 15) is 26.4 Å². The fourth-order valence-corrected chi connectivity index (χ4v) is 5.59. The second-order valence-electron chi connectivity index (χ2n) is 5.64. The lowest BCUT2D eigenvalue weighted by Crippen LogP contribution is -2.41. The highest BCUT2D eigenvalue weighted by Gasteiger charge is 2.42. The van der Waals surface area contributed by atoms with Gasteiger partial charge in [-0.15, -0.1) is 0 Å². The fourth-order valence-electron chi connectivity index (χ4n) is 2.81. The van der Waals surface area contributed by atoms with Crippen molar-refractivity contribution >= 4 is 43.0 Å². The summed E-state index contributed by atoms with van der Waals surface area (Å²) in [5.41, 5.74) is 0. The molecule has 25 heavy (non-hydrogen) atoms. The maximum atomic E-state index is 12.7. The molecule has 2 aliphatic rings. The minimum atomic E-state index is -3.91. The number of nitrogens with zero attached hydrogens (tertiary/aromatic N) is 2. The average Bonchev–Trinajstić information content (AvgIpc) is 3.14. The predicted octanol–water partition coefficient (Wildman–Crippen LogP) is -0.208. The van der Waals surface area contributed by atoms with Crippen LogP contribution in [0.15, 0.2) is 34.1 Å². The molecule has 2 heterocycles. The van der Waals surface area contributed by atoms with Gasteiger partial charge in [0.15, 0.2) is 0 Å². The summed E-state index contributed by atoms with van der Waals surface area (Å²) in [6, 6.07) is 4.11. The molecule has 2 amide bonds. The molecule has 0 aliphatic carbocycles. The first-order chi connectivity index (χ1) is 11.6. The SMILES string of the molecule is NS(=O)(=O)c1ccc(S(=O)(=O)N2CCC(N3C(=O)CSC3=O)C2)cc1. The molecule has 2 saturated heterocycles. The van der Waals surface area contributed by atoms with Crippen LogP contribution in [0.5, 0.6) is 0 Å². The van der Waals surface area contributed by atoms with Crippen LogP contribution in [0, 0.1) is 0 Å². The molecule has 1 aromatic rings. The van der Waals surface area contributed by atoms with E-state index in [1.54, 1.807) is 0 Å². The molecule has 0 radical (unpaired) electrons. The van der Waals surface area contributed by atoms with Crippen molar-refractivity contribution in [2.24, 2.45) is 5.14 Å². The summed E-state index contributed by atoms with van der Waals surface area (Å²) in [7, 11) is -7.77. The van der Waals surface area contributed by atoms with Gasteiger partial charge in [0.05, 0.1) is 21.6 Å². The van der Waals surface area contributed by atoms with E-state index in [0.29, 0.717) is 6.42 Å². The first-order valence-corrected chi connectivity index (χ1v) is 11.2. The van der Waals surface area contributed by atoms with E-state index < -0.39 is 26.1 Å². The zero-order valence-electron chi connectivity index (χ0n) is 12.9. The summed E-state index contributed by atoms with van der Waals surface area (Å²) in [6.45, 7) is 0.197. The summed E-state index contributed by atoms with van der Waals surface area (Å²) < 4.78 is 49.0. The Hall–Kier alpha value is -1.47. The second kappa shape index (κ2) is 6.36. The molecule has 2 aliphatic heterocycles. The summed E-state index contributed by atoms with van der Waals surface area (Å²) in [6.07, 6.45) is 0.368. The van der Waals surface area contributed by atoms with Gasteiger partial charge in [-0.3, -0.25) is 14.5 Å². The van der Waals surface area contributed by atoms with Crippen molar-refractivity contribution in [3.8, 4) is 0 Å². The smallest absolute Gasteiger partial charge is 0.273 e. The molecule has 1 unspecified atom stereocenters. The molecule has 2 N–H and O–H groups in total. The third kappa shape index (κ3) is 3.44. The number of benzene rings is 1. The number of primary sulfonamides is 1. The van der Waals surface area contributed by atoms with E-state index >= 15 is 0 Å². The molecule has 2 fully saturated rings. The fraction of sp³-hybridized carbons (Fsp3) is 0.385. The van der Waals surface area contributed by atoms with E-state index in [0.717, 1.165) is 28.8 Å². The highest BCUT2D eigenvalue weighted by molar-refractivity contribution is 8.14. The summed E-state index contributed by atoms with van der Waals surface area (Å²) >= 11 is 0.910. The van der Waals surface area contributed by atoms with Gasteiger partial charge in [0.1, 0.15) is 0 Å². The van der Waals surface area contributed by atoms with Crippen LogP contribution in [0.2, 0.25) is 0 Å². The third-order valence-corrected chi connectivity index (χ3v) is 7.71. The van der Waals surface area contributed by atoms with Crippen LogP contribution in [0.3, 0.4) is 0 Å². The lowest BCUT2D eigenvalue weighted by atomic mass is 10.2. The monoisotopic (exact) mass is 405 g/mol. The van der Waals surface area contributed by atoms with Gasteiger partial charge < -0.3 is 0 Å². The minimum Gasteiger partial charge on any atom is -0.273 e. The Labute approximate surface area is 149 Å². The normalized spacial score (nSPS) is 22.8. The van der Waals surface area contributed by atoms with Crippen molar-refractivity contribution in [3.63, 3.8) is 0 Å². The number of carbonyl (C=O) groups is 2. The number of thioether (sulfide) groups is 1. The van der Waals surface area contributed by atoms with E-state index in [1.165, 1.54) is 16.4 Å². The van der Waals surface area contributed by atoms with Crippen molar-refractivity contribution in [1.29, 1.82) is 0 Å². The summed E-state index contributed by atoms with van der Waals surface area (Å²) in [5.74, 6) is -0.228. The lowest BCUT2D eigenvalue weighted by molar-refractivity contribution is -0.126. The molecule has 12 heteroatoms. The average molecular weight is 405 g/mol. The third-order valence-electron chi connectivity index (χ3n) is 4.07. The zero-order valence-corrected chi connectivity index (χ0v) is 15.3. The van der Waals surface area contributed by atoms with Crippen LogP contribution in [0.4, 0.5) is 4.79 Å². The van der Waals surface area contributed by atoms with Gasteiger partial charge in [0, 0.05) is 13.1 Å². The standard InChI is InChI=1S/C13H15N3O6S3/c14-24(19,20)10-1-3-11(4-2-10)25(21,22)15-6-5-9(7-15)16-12(17)8-23-13(16)18/h1-4,9H,5-8H2,(H2,14,19,20). The largest absolute Gasteiger partial charge is 0.289 e. The minimum absolute atomic E-state index is 0.0251. The van der Waals surface area contributed by atoms with Gasteiger partial charge in [-0.2, -0.15) is 4.31 Å². The van der Waals surface area contributed by atoms with Crippen molar-refractivity contribution in [2.75, 3.05) is 18.8 Å². The molecule has 1 atom stereocenters. The Bertz CT molecular complexity index is 910. The number of rotatable bonds is 4. The predicted molar refractivity (Wildman–Crippen MR) is 89.7 cm³/mol. The number of carbonyl (C=O) groups excluding carboxylic acids is 2. The van der Waals surface area contributed by atoms with E-state index in [2.05, 4.69) is 0 Å². The van der Waals surface area contributed by atoms with Crippen molar-refractivity contribution in [3.05, 3.63) is 24.3 Å². The van der Waals surface area contributed by atoms with Gasteiger partial charge in [-0.25, -0.2) is 22.0 Å². The molecule has 0 aromatic heterocycles. The molecule has 1 aromatic carbocycles. The number of amides is 2. The van der Waals surface area contributed by atoms with Crippen molar-refractivity contribution in [2.45, 2.75) is 22.3 Å². The molecule has 0 bridgehead atoms. The van der Waals surface area contributed by atoms with Crippen LogP contribution in [-0.4, -0.2) is 62.1 Å². The Balaban J connectivity index is 1.80. The van der Waals surface area contributed by atoms with E-state index in [4.69, 9.17) is 5.14 Å². The maximum absolute atomic E-state index is 12.7. The number of hydrogen-bond donors (Lipinski definition) is 1. The first-order valence-electron chi connectivity index (χ1n) is 7.22. The highest BCUT2D eigenvalue weighted by Crippen LogP contribution is 2.29. The number of nitrogens with two attached hydrogens (primary N) is 1. The Kier molecular flexibility index (Phi) is 4.66. The first kappa shape index (κ1) is 18.3. The molecule has 3 rings (SSSR count). The topological polar surface area (TPSA) is 135 Å². The Morgan fingerprint density at radius 2 is 1.64 bits per heavy atom. The Morgan fingerprint density at radius 1 is 1.04 bits per heavy atom.